The fraction of sp³-hybridized carbons (Fsp3) is 0.750. The molecule has 0 aromatic heterocycles. The molecule has 1 aliphatic heterocycles. The first-order chi connectivity index (χ1) is 20.6. The van der Waals surface area contributed by atoms with Crippen LogP contribution in [0.2, 0.25) is 0 Å². The first kappa shape index (κ1) is 30.8. The lowest BCUT2D eigenvalue weighted by Crippen LogP contribution is -2.57. The number of rotatable bonds is 6. The van der Waals surface area contributed by atoms with E-state index in [1.54, 1.807) is 28.3 Å². The van der Waals surface area contributed by atoms with Gasteiger partial charge in [0.05, 0.1) is 21.3 Å². The predicted octanol–water partition coefficient (Wildman–Crippen LogP) is 6.30. The highest BCUT2D eigenvalue weighted by Gasteiger charge is 2.62. The SMILES string of the molecule is COc1cc(/C=C2\C[C@H]3[C@@H]4CC[C@H]5C[C@@H](N6CCN(C)CC6)CC[C@]5(C)[C@H]4CC[C@]3(C)[C@H]2OC(C)=O)cc(OC)c1OC. The van der Waals surface area contributed by atoms with Crippen LogP contribution in [0.3, 0.4) is 0 Å². The average molecular weight is 595 g/mol. The van der Waals surface area contributed by atoms with Crippen molar-refractivity contribution in [1.82, 2.24) is 9.80 Å². The van der Waals surface area contributed by atoms with Crippen molar-refractivity contribution in [2.24, 2.45) is 34.5 Å². The predicted molar refractivity (Wildman–Crippen MR) is 170 cm³/mol. The van der Waals surface area contributed by atoms with Crippen LogP contribution in [0.1, 0.15) is 77.7 Å². The fourth-order valence-electron chi connectivity index (χ4n) is 10.5. The second-order valence-electron chi connectivity index (χ2n) is 14.8. The van der Waals surface area contributed by atoms with Crippen molar-refractivity contribution in [1.29, 1.82) is 0 Å². The molecule has 1 heterocycles. The normalized spacial score (nSPS) is 39.0. The van der Waals surface area contributed by atoms with Gasteiger partial charge in [0.1, 0.15) is 6.10 Å². The number of piperazine rings is 1. The number of esters is 1. The minimum Gasteiger partial charge on any atom is -0.493 e. The molecule has 0 unspecified atom stereocenters. The van der Waals surface area contributed by atoms with Gasteiger partial charge in [-0.2, -0.15) is 0 Å². The van der Waals surface area contributed by atoms with Gasteiger partial charge in [-0.05, 0) is 111 Å². The van der Waals surface area contributed by atoms with Crippen molar-refractivity contribution in [2.45, 2.75) is 84.3 Å². The summed E-state index contributed by atoms with van der Waals surface area (Å²) in [5, 5.41) is 0. The molecule has 0 spiro atoms. The van der Waals surface area contributed by atoms with Gasteiger partial charge in [0, 0.05) is 44.6 Å². The van der Waals surface area contributed by atoms with Crippen LogP contribution < -0.4 is 14.2 Å². The molecular formula is C36H54N2O5. The quantitative estimate of drug-likeness (QED) is 0.359. The Morgan fingerprint density at radius 1 is 0.884 bits per heavy atom. The maximum absolute atomic E-state index is 12.5. The molecule has 4 aliphatic carbocycles. The summed E-state index contributed by atoms with van der Waals surface area (Å²) in [6, 6.07) is 4.76. The molecule has 1 aromatic carbocycles. The highest BCUT2D eigenvalue weighted by Crippen LogP contribution is 2.67. The number of nitrogens with zero attached hydrogens (tertiary/aromatic N) is 2. The van der Waals surface area contributed by atoms with Gasteiger partial charge in [-0.15, -0.1) is 0 Å². The lowest BCUT2D eigenvalue weighted by molar-refractivity contribution is -0.160. The van der Waals surface area contributed by atoms with Gasteiger partial charge in [0.25, 0.3) is 0 Å². The number of hydrogen-bond acceptors (Lipinski definition) is 7. The van der Waals surface area contributed by atoms with Crippen LogP contribution in [0.5, 0.6) is 17.2 Å². The van der Waals surface area contributed by atoms with E-state index >= 15 is 0 Å². The molecule has 7 heteroatoms. The number of benzene rings is 1. The van der Waals surface area contributed by atoms with E-state index in [1.165, 1.54) is 70.3 Å². The van der Waals surface area contributed by atoms with E-state index in [-0.39, 0.29) is 17.5 Å². The van der Waals surface area contributed by atoms with E-state index in [9.17, 15) is 4.79 Å². The molecular weight excluding hydrogens is 540 g/mol. The molecule has 1 saturated heterocycles. The van der Waals surface area contributed by atoms with E-state index in [0.717, 1.165) is 36.3 Å². The second kappa shape index (κ2) is 11.9. The molecule has 5 aliphatic rings. The van der Waals surface area contributed by atoms with E-state index in [2.05, 4.69) is 36.8 Å². The van der Waals surface area contributed by atoms with Crippen LogP contribution in [0.4, 0.5) is 0 Å². The Kier molecular flexibility index (Phi) is 8.53. The average Bonchev–Trinajstić information content (AvgIpc) is 3.26. The van der Waals surface area contributed by atoms with Crippen LogP contribution >= 0.6 is 0 Å². The summed E-state index contributed by atoms with van der Waals surface area (Å²) < 4.78 is 23.1. The molecule has 0 amide bonds. The third kappa shape index (κ3) is 5.37. The summed E-state index contributed by atoms with van der Waals surface area (Å²) in [6.07, 6.45) is 12.1. The van der Waals surface area contributed by atoms with Crippen LogP contribution in [-0.4, -0.2) is 82.5 Å². The van der Waals surface area contributed by atoms with E-state index in [0.29, 0.717) is 34.5 Å². The zero-order valence-corrected chi connectivity index (χ0v) is 27.6. The molecule has 43 heavy (non-hydrogen) atoms. The molecule has 0 radical (unpaired) electrons. The molecule has 4 saturated carbocycles. The Morgan fingerprint density at radius 3 is 2.19 bits per heavy atom. The topological polar surface area (TPSA) is 60.5 Å². The fourth-order valence-corrected chi connectivity index (χ4v) is 10.5. The highest BCUT2D eigenvalue weighted by atomic mass is 16.5. The summed E-state index contributed by atoms with van der Waals surface area (Å²) in [7, 11) is 7.18. The summed E-state index contributed by atoms with van der Waals surface area (Å²) in [6.45, 7) is 11.5. The number of ether oxygens (including phenoxy) is 4. The zero-order chi connectivity index (χ0) is 30.5. The van der Waals surface area contributed by atoms with Crippen LogP contribution in [0, 0.1) is 34.5 Å². The van der Waals surface area contributed by atoms with E-state index < -0.39 is 0 Å². The zero-order valence-electron chi connectivity index (χ0n) is 27.6. The Hall–Kier alpha value is -2.25. The molecule has 6 rings (SSSR count). The summed E-state index contributed by atoms with van der Waals surface area (Å²) in [5.74, 6) is 4.47. The van der Waals surface area contributed by atoms with E-state index in [4.69, 9.17) is 18.9 Å². The van der Waals surface area contributed by atoms with E-state index in [1.807, 2.05) is 12.1 Å². The summed E-state index contributed by atoms with van der Waals surface area (Å²) in [4.78, 5) is 17.8. The number of likely N-dealkylation sites (N-methyl/N-ethyl adjacent to an activating group) is 1. The number of methoxy groups -OCH3 is 3. The van der Waals surface area contributed by atoms with Crippen molar-refractivity contribution in [3.8, 4) is 17.2 Å². The van der Waals surface area contributed by atoms with Gasteiger partial charge in [0.15, 0.2) is 11.5 Å². The van der Waals surface area contributed by atoms with Crippen LogP contribution in [-0.2, 0) is 9.53 Å². The van der Waals surface area contributed by atoms with Crippen molar-refractivity contribution >= 4 is 12.0 Å². The van der Waals surface area contributed by atoms with Crippen molar-refractivity contribution in [3.05, 3.63) is 23.3 Å². The number of fused-ring (bicyclic) bond motifs is 5. The molecule has 1 aromatic rings. The standard InChI is InChI=1S/C36H54N2O5/c1-23(39)43-34-25(18-24-19-31(40-5)33(42-7)32(20-24)41-6)21-30-28-9-8-26-22-27(38-16-14-37(4)15-17-38)10-12-35(26,2)29(28)11-13-36(30,34)3/h18-20,26-30,34H,8-17,21-22H2,1-7H3/b25-18+/t26-,27-,28+,29-,30-,34-,35-,36-/m0/s1. The summed E-state index contributed by atoms with van der Waals surface area (Å²) in [5.41, 5.74) is 2.59. The molecule has 8 atom stereocenters. The maximum atomic E-state index is 12.5. The van der Waals surface area contributed by atoms with Crippen molar-refractivity contribution in [2.75, 3.05) is 54.6 Å². The molecule has 0 N–H and O–H groups in total. The summed E-state index contributed by atoms with van der Waals surface area (Å²) >= 11 is 0. The smallest absolute Gasteiger partial charge is 0.303 e. The Morgan fingerprint density at radius 2 is 1.56 bits per heavy atom. The van der Waals surface area contributed by atoms with Gasteiger partial charge in [-0.25, -0.2) is 0 Å². The monoisotopic (exact) mass is 594 g/mol. The molecule has 0 bridgehead atoms. The number of hydrogen-bond donors (Lipinski definition) is 0. The second-order valence-corrected chi connectivity index (χ2v) is 14.8. The van der Waals surface area contributed by atoms with Crippen LogP contribution in [0.25, 0.3) is 6.08 Å². The maximum Gasteiger partial charge on any atom is 0.303 e. The van der Waals surface area contributed by atoms with Crippen LogP contribution in [0.15, 0.2) is 17.7 Å². The molecule has 5 fully saturated rings. The Bertz CT molecular complexity index is 1200. The van der Waals surface area contributed by atoms with Crippen molar-refractivity contribution in [3.63, 3.8) is 0 Å². The Labute approximate surface area is 259 Å². The van der Waals surface area contributed by atoms with Gasteiger partial charge in [-0.3, -0.25) is 9.69 Å². The number of carbonyl (C=O) groups excluding carboxylic acids is 1. The Balaban J connectivity index is 1.26. The first-order valence-electron chi connectivity index (χ1n) is 16.7. The number of carbonyl (C=O) groups is 1. The van der Waals surface area contributed by atoms with Gasteiger partial charge in [0.2, 0.25) is 5.75 Å². The molecule has 238 valence electrons. The first-order valence-corrected chi connectivity index (χ1v) is 16.7. The highest BCUT2D eigenvalue weighted by molar-refractivity contribution is 5.68. The molecule has 7 nitrogen and oxygen atoms in total. The third-order valence-electron chi connectivity index (χ3n) is 12.8. The van der Waals surface area contributed by atoms with Gasteiger partial charge >= 0.3 is 5.97 Å². The largest absolute Gasteiger partial charge is 0.493 e. The van der Waals surface area contributed by atoms with Gasteiger partial charge in [-0.1, -0.05) is 19.9 Å². The van der Waals surface area contributed by atoms with Gasteiger partial charge < -0.3 is 23.8 Å². The minimum atomic E-state index is -0.200. The lowest BCUT2D eigenvalue weighted by atomic mass is 9.45. The lowest BCUT2D eigenvalue weighted by Gasteiger charge is -2.61. The minimum absolute atomic E-state index is 0.0421. The van der Waals surface area contributed by atoms with Crippen molar-refractivity contribution < 1.29 is 23.7 Å². The third-order valence-corrected chi connectivity index (χ3v) is 12.8.